The number of carbonyl (C=O) groups excluding carboxylic acids is 1. The zero-order chi connectivity index (χ0) is 18.4. The number of rotatable bonds is 7. The van der Waals surface area contributed by atoms with Gasteiger partial charge in [0.25, 0.3) is 0 Å². The van der Waals surface area contributed by atoms with Crippen molar-refractivity contribution < 1.29 is 22.7 Å². The standard InChI is InChI=1S/C17H26N2O5S/c1-4-25(21,22)19-11-9-18(10-12-19)17(20)8-6-14-5-7-15(23-2)16(13-14)24-3/h5,7,13H,4,6,8-12H2,1-3H3. The minimum atomic E-state index is -3.17. The van der Waals surface area contributed by atoms with Crippen molar-refractivity contribution in [3.63, 3.8) is 0 Å². The van der Waals surface area contributed by atoms with Crippen LogP contribution in [0.5, 0.6) is 11.5 Å². The Hall–Kier alpha value is -1.80. The van der Waals surface area contributed by atoms with Crippen LogP contribution in [0.2, 0.25) is 0 Å². The molecule has 1 saturated heterocycles. The average molecular weight is 370 g/mol. The summed E-state index contributed by atoms with van der Waals surface area (Å²) in [5, 5.41) is 0. The van der Waals surface area contributed by atoms with E-state index in [1.54, 1.807) is 26.0 Å². The molecule has 0 unspecified atom stereocenters. The van der Waals surface area contributed by atoms with Crippen LogP contribution in [-0.2, 0) is 21.2 Å². The molecule has 2 rings (SSSR count). The van der Waals surface area contributed by atoms with Gasteiger partial charge in [0.15, 0.2) is 11.5 Å². The van der Waals surface area contributed by atoms with Gasteiger partial charge in [-0.1, -0.05) is 6.07 Å². The maximum absolute atomic E-state index is 12.4. The Balaban J connectivity index is 1.87. The third kappa shape index (κ3) is 4.85. The lowest BCUT2D eigenvalue weighted by Gasteiger charge is -2.33. The molecule has 0 aliphatic carbocycles. The quantitative estimate of drug-likeness (QED) is 0.719. The molecule has 0 atom stereocenters. The summed E-state index contributed by atoms with van der Waals surface area (Å²) in [5.41, 5.74) is 0.998. The van der Waals surface area contributed by atoms with Gasteiger partial charge in [-0.25, -0.2) is 8.42 Å². The molecule has 1 heterocycles. The Labute approximate surface area is 149 Å². The summed E-state index contributed by atoms with van der Waals surface area (Å²) < 4.78 is 35.6. The number of ether oxygens (including phenoxy) is 2. The van der Waals surface area contributed by atoms with Gasteiger partial charge < -0.3 is 14.4 Å². The molecule has 0 spiro atoms. The van der Waals surface area contributed by atoms with E-state index >= 15 is 0 Å². The zero-order valence-corrected chi connectivity index (χ0v) is 15.8. The third-order valence-corrected chi connectivity index (χ3v) is 6.31. The van der Waals surface area contributed by atoms with Gasteiger partial charge in [-0.15, -0.1) is 0 Å². The fraction of sp³-hybridized carbons (Fsp3) is 0.588. The fourth-order valence-electron chi connectivity index (χ4n) is 2.84. The summed E-state index contributed by atoms with van der Waals surface area (Å²) in [4.78, 5) is 14.1. The first kappa shape index (κ1) is 19.5. The van der Waals surface area contributed by atoms with E-state index < -0.39 is 10.0 Å². The normalized spacial score (nSPS) is 15.9. The number of hydrogen-bond acceptors (Lipinski definition) is 5. The summed E-state index contributed by atoms with van der Waals surface area (Å²) in [6, 6.07) is 5.62. The Kier molecular flexibility index (Phi) is 6.66. The predicted octanol–water partition coefficient (Wildman–Crippen LogP) is 1.13. The van der Waals surface area contributed by atoms with Gasteiger partial charge in [0.05, 0.1) is 20.0 Å². The highest BCUT2D eigenvalue weighted by Gasteiger charge is 2.27. The monoisotopic (exact) mass is 370 g/mol. The first-order valence-corrected chi connectivity index (χ1v) is 9.98. The SMILES string of the molecule is CCS(=O)(=O)N1CCN(C(=O)CCc2ccc(OC)c(OC)c2)CC1. The minimum absolute atomic E-state index is 0.0448. The molecular weight excluding hydrogens is 344 g/mol. The van der Waals surface area contributed by atoms with Crippen LogP contribution in [0.4, 0.5) is 0 Å². The Morgan fingerprint density at radius 3 is 2.28 bits per heavy atom. The van der Waals surface area contributed by atoms with Crippen LogP contribution in [0.3, 0.4) is 0 Å². The van der Waals surface area contributed by atoms with Crippen molar-refractivity contribution in [1.82, 2.24) is 9.21 Å². The number of methoxy groups -OCH3 is 2. The summed E-state index contributed by atoms with van der Waals surface area (Å²) in [6.07, 6.45) is 0.989. The molecule has 25 heavy (non-hydrogen) atoms. The van der Waals surface area contributed by atoms with Crippen LogP contribution in [0, 0.1) is 0 Å². The van der Waals surface area contributed by atoms with E-state index in [2.05, 4.69) is 0 Å². The molecule has 0 aromatic heterocycles. The molecule has 8 heteroatoms. The molecule has 0 N–H and O–H groups in total. The van der Waals surface area contributed by atoms with Gasteiger partial charge in [0.1, 0.15) is 0 Å². The number of aryl methyl sites for hydroxylation is 1. The van der Waals surface area contributed by atoms with Crippen molar-refractivity contribution in [2.45, 2.75) is 19.8 Å². The van der Waals surface area contributed by atoms with E-state index in [1.165, 1.54) is 4.31 Å². The van der Waals surface area contributed by atoms with Crippen molar-refractivity contribution in [1.29, 1.82) is 0 Å². The molecule has 1 aromatic carbocycles. The largest absolute Gasteiger partial charge is 0.493 e. The second kappa shape index (κ2) is 8.53. The van der Waals surface area contributed by atoms with Gasteiger partial charge in [-0.2, -0.15) is 4.31 Å². The molecule has 1 aliphatic heterocycles. The van der Waals surface area contributed by atoms with Crippen molar-refractivity contribution in [2.75, 3.05) is 46.2 Å². The van der Waals surface area contributed by atoms with Crippen LogP contribution in [0.15, 0.2) is 18.2 Å². The number of benzene rings is 1. The number of carbonyl (C=O) groups is 1. The van der Waals surface area contributed by atoms with E-state index in [0.29, 0.717) is 50.5 Å². The molecule has 0 bridgehead atoms. The second-order valence-corrected chi connectivity index (χ2v) is 8.13. The Bertz CT molecular complexity index is 697. The number of hydrogen-bond donors (Lipinski definition) is 0. The van der Waals surface area contributed by atoms with E-state index in [9.17, 15) is 13.2 Å². The second-order valence-electron chi connectivity index (χ2n) is 5.87. The molecule has 1 amide bonds. The van der Waals surface area contributed by atoms with Crippen LogP contribution >= 0.6 is 0 Å². The summed E-state index contributed by atoms with van der Waals surface area (Å²) in [5.74, 6) is 1.44. The minimum Gasteiger partial charge on any atom is -0.493 e. The Morgan fingerprint density at radius 1 is 1.08 bits per heavy atom. The molecule has 7 nitrogen and oxygen atoms in total. The summed E-state index contributed by atoms with van der Waals surface area (Å²) in [7, 11) is -0.00761. The van der Waals surface area contributed by atoms with Crippen molar-refractivity contribution in [2.24, 2.45) is 0 Å². The summed E-state index contributed by atoms with van der Waals surface area (Å²) in [6.45, 7) is 3.28. The highest BCUT2D eigenvalue weighted by atomic mass is 32.2. The van der Waals surface area contributed by atoms with Gasteiger partial charge in [-0.3, -0.25) is 4.79 Å². The maximum atomic E-state index is 12.4. The first-order chi connectivity index (χ1) is 11.9. The smallest absolute Gasteiger partial charge is 0.222 e. The van der Waals surface area contributed by atoms with Crippen molar-refractivity contribution >= 4 is 15.9 Å². The van der Waals surface area contributed by atoms with E-state index in [4.69, 9.17) is 9.47 Å². The van der Waals surface area contributed by atoms with E-state index in [-0.39, 0.29) is 11.7 Å². The van der Waals surface area contributed by atoms with Crippen LogP contribution < -0.4 is 9.47 Å². The molecule has 0 saturated carbocycles. The predicted molar refractivity (Wildman–Crippen MR) is 95.5 cm³/mol. The number of piperazine rings is 1. The van der Waals surface area contributed by atoms with Crippen LogP contribution in [0.1, 0.15) is 18.9 Å². The van der Waals surface area contributed by atoms with Crippen molar-refractivity contribution in [3.8, 4) is 11.5 Å². The molecule has 1 fully saturated rings. The number of amides is 1. The molecular formula is C17H26N2O5S. The lowest BCUT2D eigenvalue weighted by molar-refractivity contribution is -0.132. The van der Waals surface area contributed by atoms with Gasteiger partial charge in [-0.05, 0) is 31.0 Å². The zero-order valence-electron chi connectivity index (χ0n) is 15.0. The lowest BCUT2D eigenvalue weighted by atomic mass is 10.1. The Morgan fingerprint density at radius 2 is 1.72 bits per heavy atom. The fourth-order valence-corrected chi connectivity index (χ4v) is 3.93. The number of sulfonamides is 1. The topological polar surface area (TPSA) is 76.2 Å². The van der Waals surface area contributed by atoms with Gasteiger partial charge >= 0.3 is 0 Å². The first-order valence-electron chi connectivity index (χ1n) is 8.37. The van der Waals surface area contributed by atoms with E-state index in [1.807, 2.05) is 18.2 Å². The lowest BCUT2D eigenvalue weighted by Crippen LogP contribution is -2.50. The van der Waals surface area contributed by atoms with Gasteiger partial charge in [0.2, 0.25) is 15.9 Å². The van der Waals surface area contributed by atoms with E-state index in [0.717, 1.165) is 5.56 Å². The van der Waals surface area contributed by atoms with Crippen LogP contribution in [-0.4, -0.2) is 69.7 Å². The van der Waals surface area contributed by atoms with Crippen molar-refractivity contribution in [3.05, 3.63) is 23.8 Å². The van der Waals surface area contributed by atoms with Crippen LogP contribution in [0.25, 0.3) is 0 Å². The molecule has 0 radical (unpaired) electrons. The molecule has 1 aliphatic rings. The highest BCUT2D eigenvalue weighted by Crippen LogP contribution is 2.28. The third-order valence-electron chi connectivity index (χ3n) is 4.43. The average Bonchev–Trinajstić information content (AvgIpc) is 2.65. The molecule has 140 valence electrons. The van der Waals surface area contributed by atoms with Gasteiger partial charge in [0, 0.05) is 32.6 Å². The summed E-state index contributed by atoms with van der Waals surface area (Å²) >= 11 is 0. The molecule has 1 aromatic rings. The highest BCUT2D eigenvalue weighted by molar-refractivity contribution is 7.89. The maximum Gasteiger partial charge on any atom is 0.222 e. The number of nitrogens with zero attached hydrogens (tertiary/aromatic N) is 2.